The summed E-state index contributed by atoms with van der Waals surface area (Å²) in [6.07, 6.45) is 1.68. The third-order valence-corrected chi connectivity index (χ3v) is 2.95. The predicted molar refractivity (Wildman–Crippen MR) is 83.2 cm³/mol. The molecule has 0 aliphatic carbocycles. The van der Waals surface area contributed by atoms with Crippen LogP contribution in [0.15, 0.2) is 22.9 Å². The van der Waals surface area contributed by atoms with E-state index in [0.29, 0.717) is 30.6 Å². The van der Waals surface area contributed by atoms with Crippen LogP contribution in [-0.2, 0) is 4.79 Å². The third-order valence-electron chi connectivity index (χ3n) is 2.95. The monoisotopic (exact) mass is 303 g/mol. The molecular formula is C15H21N5O2. The lowest BCUT2D eigenvalue weighted by Crippen LogP contribution is -2.37. The van der Waals surface area contributed by atoms with Crippen LogP contribution in [0.1, 0.15) is 26.6 Å². The Bertz CT molecular complexity index is 645. The molecule has 0 aliphatic heterocycles. The lowest BCUT2D eigenvalue weighted by Gasteiger charge is -2.17. The smallest absolute Gasteiger partial charge is 0.261 e. The molecule has 0 saturated heterocycles. The van der Waals surface area contributed by atoms with Crippen molar-refractivity contribution < 1.29 is 9.32 Å². The highest BCUT2D eigenvalue weighted by Crippen LogP contribution is 2.23. The molecule has 0 bridgehead atoms. The van der Waals surface area contributed by atoms with E-state index in [1.807, 2.05) is 26.8 Å². The number of nitrogens with zero attached hydrogens (tertiary/aromatic N) is 3. The van der Waals surface area contributed by atoms with Gasteiger partial charge >= 0.3 is 0 Å². The summed E-state index contributed by atoms with van der Waals surface area (Å²) in [7, 11) is 0. The van der Waals surface area contributed by atoms with Crippen LogP contribution in [0, 0.1) is 12.3 Å². The number of amides is 1. The molecule has 7 nitrogen and oxygen atoms in total. The van der Waals surface area contributed by atoms with Gasteiger partial charge in [-0.15, -0.1) is 0 Å². The van der Waals surface area contributed by atoms with Gasteiger partial charge in [0.15, 0.2) is 5.82 Å². The normalized spacial score (nSPS) is 11.3. The maximum Gasteiger partial charge on any atom is 0.261 e. The van der Waals surface area contributed by atoms with Crippen molar-refractivity contribution in [2.75, 3.05) is 18.4 Å². The number of aromatic nitrogens is 3. The summed E-state index contributed by atoms with van der Waals surface area (Å²) in [6.45, 7) is 8.46. The summed E-state index contributed by atoms with van der Waals surface area (Å²) in [6, 6.07) is 3.66. The van der Waals surface area contributed by atoms with Gasteiger partial charge in [-0.1, -0.05) is 25.9 Å². The van der Waals surface area contributed by atoms with Crippen molar-refractivity contribution in [2.45, 2.75) is 27.7 Å². The number of hydrogen-bond donors (Lipinski definition) is 2. The van der Waals surface area contributed by atoms with E-state index in [2.05, 4.69) is 25.8 Å². The van der Waals surface area contributed by atoms with Crippen LogP contribution in [0.4, 0.5) is 5.82 Å². The number of hydrogen-bond acceptors (Lipinski definition) is 6. The predicted octanol–water partition coefficient (Wildman–Crippen LogP) is 2.01. The maximum absolute atomic E-state index is 11.8. The summed E-state index contributed by atoms with van der Waals surface area (Å²) < 4.78 is 5.17. The fourth-order valence-corrected chi connectivity index (χ4v) is 1.75. The second-order valence-electron chi connectivity index (χ2n) is 5.98. The van der Waals surface area contributed by atoms with Gasteiger partial charge in [0.2, 0.25) is 5.91 Å². The molecule has 0 unspecified atom stereocenters. The summed E-state index contributed by atoms with van der Waals surface area (Å²) >= 11 is 0. The van der Waals surface area contributed by atoms with Gasteiger partial charge in [-0.25, -0.2) is 4.98 Å². The first kappa shape index (κ1) is 15.9. The van der Waals surface area contributed by atoms with Crippen molar-refractivity contribution in [1.29, 1.82) is 0 Å². The second-order valence-corrected chi connectivity index (χ2v) is 5.98. The van der Waals surface area contributed by atoms with E-state index in [0.717, 1.165) is 5.56 Å². The third kappa shape index (κ3) is 4.03. The average molecular weight is 303 g/mol. The van der Waals surface area contributed by atoms with Gasteiger partial charge in [-0.2, -0.15) is 4.98 Å². The number of aryl methyl sites for hydroxylation is 1. The van der Waals surface area contributed by atoms with Crippen LogP contribution in [0.25, 0.3) is 11.5 Å². The first-order chi connectivity index (χ1) is 10.4. The van der Waals surface area contributed by atoms with Crippen molar-refractivity contribution >= 4 is 11.7 Å². The van der Waals surface area contributed by atoms with Crippen molar-refractivity contribution in [1.82, 2.24) is 20.4 Å². The lowest BCUT2D eigenvalue weighted by atomic mass is 9.96. The Morgan fingerprint density at radius 1 is 1.32 bits per heavy atom. The molecule has 2 N–H and O–H groups in total. The highest BCUT2D eigenvalue weighted by Gasteiger charge is 2.20. The average Bonchev–Trinajstić information content (AvgIpc) is 2.89. The first-order valence-electron chi connectivity index (χ1n) is 7.16. The van der Waals surface area contributed by atoms with Crippen LogP contribution in [0.5, 0.6) is 0 Å². The van der Waals surface area contributed by atoms with E-state index in [1.54, 1.807) is 19.2 Å². The number of carbonyl (C=O) groups is 1. The van der Waals surface area contributed by atoms with Crippen molar-refractivity contribution in [3.05, 3.63) is 24.2 Å². The largest absolute Gasteiger partial charge is 0.368 e. The fourth-order valence-electron chi connectivity index (χ4n) is 1.75. The Kier molecular flexibility index (Phi) is 4.75. The van der Waals surface area contributed by atoms with E-state index >= 15 is 0 Å². The van der Waals surface area contributed by atoms with Gasteiger partial charge in [0.1, 0.15) is 5.82 Å². The van der Waals surface area contributed by atoms with E-state index in [9.17, 15) is 4.79 Å². The molecule has 118 valence electrons. The molecular weight excluding hydrogens is 282 g/mol. The molecule has 0 radical (unpaired) electrons. The molecule has 22 heavy (non-hydrogen) atoms. The summed E-state index contributed by atoms with van der Waals surface area (Å²) in [4.78, 5) is 20.3. The Morgan fingerprint density at radius 3 is 2.73 bits per heavy atom. The number of nitrogens with one attached hydrogen (secondary N) is 2. The van der Waals surface area contributed by atoms with Crippen molar-refractivity contribution in [3.63, 3.8) is 0 Å². The summed E-state index contributed by atoms with van der Waals surface area (Å²) in [5, 5.41) is 9.83. The molecule has 2 aromatic heterocycles. The van der Waals surface area contributed by atoms with E-state index in [1.165, 1.54) is 0 Å². The summed E-state index contributed by atoms with van der Waals surface area (Å²) in [5.41, 5.74) is 0.350. The zero-order valence-corrected chi connectivity index (χ0v) is 13.3. The minimum Gasteiger partial charge on any atom is -0.368 e. The number of pyridine rings is 1. The minimum absolute atomic E-state index is 0.0167. The Balaban J connectivity index is 1.95. The highest BCUT2D eigenvalue weighted by atomic mass is 16.5. The van der Waals surface area contributed by atoms with Crippen LogP contribution < -0.4 is 10.6 Å². The Morgan fingerprint density at radius 2 is 2.09 bits per heavy atom. The van der Waals surface area contributed by atoms with Gasteiger partial charge in [-0.3, -0.25) is 4.79 Å². The zero-order chi connectivity index (χ0) is 16.2. The molecule has 0 fully saturated rings. The van der Waals surface area contributed by atoms with Gasteiger partial charge in [0.25, 0.3) is 5.89 Å². The SMILES string of the molecule is Cc1noc(-c2cccnc2NCCNC(=O)C(C)(C)C)n1. The number of carbonyl (C=O) groups excluding carboxylic acids is 1. The molecule has 7 heteroatoms. The molecule has 2 aromatic rings. The second kappa shape index (κ2) is 6.55. The van der Waals surface area contributed by atoms with Gasteiger partial charge in [0.05, 0.1) is 5.56 Å². The molecule has 2 heterocycles. The quantitative estimate of drug-likeness (QED) is 0.821. The molecule has 2 rings (SSSR count). The molecule has 0 saturated carbocycles. The standard InChI is InChI=1S/C15H21N5O2/c1-10-19-13(22-20-10)11-6-5-7-16-12(11)17-8-9-18-14(21)15(2,3)4/h5-7H,8-9H2,1-4H3,(H,16,17)(H,18,21). The van der Waals surface area contributed by atoms with Gasteiger partial charge in [-0.05, 0) is 19.1 Å². The zero-order valence-electron chi connectivity index (χ0n) is 13.3. The first-order valence-corrected chi connectivity index (χ1v) is 7.16. The summed E-state index contributed by atoms with van der Waals surface area (Å²) in [5.74, 6) is 1.66. The van der Waals surface area contributed by atoms with Crippen LogP contribution in [0.3, 0.4) is 0 Å². The van der Waals surface area contributed by atoms with Crippen LogP contribution in [-0.4, -0.2) is 34.1 Å². The van der Waals surface area contributed by atoms with Crippen molar-refractivity contribution in [2.24, 2.45) is 5.41 Å². The van der Waals surface area contributed by atoms with Gasteiger partial charge < -0.3 is 15.2 Å². The number of anilines is 1. The van der Waals surface area contributed by atoms with Crippen molar-refractivity contribution in [3.8, 4) is 11.5 Å². The van der Waals surface area contributed by atoms with E-state index < -0.39 is 5.41 Å². The highest BCUT2D eigenvalue weighted by molar-refractivity contribution is 5.81. The lowest BCUT2D eigenvalue weighted by molar-refractivity contribution is -0.128. The Hall–Kier alpha value is -2.44. The Labute approximate surface area is 129 Å². The maximum atomic E-state index is 11.8. The van der Waals surface area contributed by atoms with Gasteiger partial charge in [0, 0.05) is 24.7 Å². The minimum atomic E-state index is -0.391. The molecule has 0 atom stereocenters. The molecule has 0 spiro atoms. The molecule has 0 aliphatic rings. The molecule has 0 aromatic carbocycles. The van der Waals surface area contributed by atoms with Crippen LogP contribution >= 0.6 is 0 Å². The van der Waals surface area contributed by atoms with Crippen LogP contribution in [0.2, 0.25) is 0 Å². The van der Waals surface area contributed by atoms with E-state index in [-0.39, 0.29) is 5.91 Å². The topological polar surface area (TPSA) is 92.9 Å². The van der Waals surface area contributed by atoms with E-state index in [4.69, 9.17) is 4.52 Å². The number of rotatable bonds is 5. The fraction of sp³-hybridized carbons (Fsp3) is 0.467. The molecule has 1 amide bonds.